The Bertz CT molecular complexity index is 1390. The molecule has 30 heavy (non-hydrogen) atoms. The minimum atomic E-state index is -0.455. The van der Waals surface area contributed by atoms with Gasteiger partial charge in [0.2, 0.25) is 6.79 Å². The van der Waals surface area contributed by atoms with Crippen LogP contribution in [0.15, 0.2) is 70.4 Å². The molecule has 8 heteroatoms. The average molecular weight is 422 g/mol. The molecule has 0 fully saturated rings. The Morgan fingerprint density at radius 1 is 0.933 bits per heavy atom. The number of ether oxygens (including phenoxy) is 2. The molecule has 150 valence electrons. The van der Waals surface area contributed by atoms with Crippen molar-refractivity contribution in [3.05, 3.63) is 97.8 Å². The Labute approximate surface area is 175 Å². The van der Waals surface area contributed by atoms with Gasteiger partial charge in [0, 0.05) is 11.2 Å². The summed E-state index contributed by atoms with van der Waals surface area (Å²) in [7, 11) is 0. The third-order valence-electron chi connectivity index (χ3n) is 5.04. The summed E-state index contributed by atoms with van der Waals surface area (Å²) in [6.45, 7) is 0.458. The molecule has 5 rings (SSSR count). The fourth-order valence-corrected chi connectivity index (χ4v) is 3.74. The lowest BCUT2D eigenvalue weighted by Crippen LogP contribution is -2.40. The van der Waals surface area contributed by atoms with Gasteiger partial charge in [-0.1, -0.05) is 35.9 Å². The third-order valence-corrected chi connectivity index (χ3v) is 5.41. The molecule has 3 heterocycles. The van der Waals surface area contributed by atoms with Gasteiger partial charge in [-0.2, -0.15) is 0 Å². The first-order valence-electron chi connectivity index (χ1n) is 9.32. The molecule has 0 N–H and O–H groups in total. The van der Waals surface area contributed by atoms with Crippen LogP contribution in [-0.4, -0.2) is 20.9 Å². The standard InChI is InChI=1S/C22H16ClN3O4/c23-17-6-2-1-4-15(17)12-25-20-16(5-3-9-24-20)21(27)26(22(25)28)11-14-7-8-18-19(10-14)30-13-29-18/h1-10H,11-13H2. The number of benzene rings is 2. The van der Waals surface area contributed by atoms with E-state index in [9.17, 15) is 9.59 Å². The smallest absolute Gasteiger partial charge is 0.333 e. The van der Waals surface area contributed by atoms with E-state index in [-0.39, 0.29) is 19.9 Å². The first kappa shape index (κ1) is 18.4. The molecule has 1 aliphatic rings. The van der Waals surface area contributed by atoms with Gasteiger partial charge in [0.1, 0.15) is 5.65 Å². The number of nitrogens with zero attached hydrogens (tertiary/aromatic N) is 3. The van der Waals surface area contributed by atoms with Gasteiger partial charge in [0.25, 0.3) is 5.56 Å². The van der Waals surface area contributed by atoms with Crippen molar-refractivity contribution >= 4 is 22.6 Å². The normalized spacial score (nSPS) is 12.4. The summed E-state index contributed by atoms with van der Waals surface area (Å²) in [6, 6.07) is 16.0. The van der Waals surface area contributed by atoms with Crippen LogP contribution in [0.4, 0.5) is 0 Å². The number of pyridine rings is 1. The summed E-state index contributed by atoms with van der Waals surface area (Å²) in [6.07, 6.45) is 1.56. The minimum absolute atomic E-state index is 0.0989. The number of fused-ring (bicyclic) bond motifs is 2. The van der Waals surface area contributed by atoms with Gasteiger partial charge in [-0.15, -0.1) is 0 Å². The summed E-state index contributed by atoms with van der Waals surface area (Å²) in [5.41, 5.74) is 1.00. The summed E-state index contributed by atoms with van der Waals surface area (Å²) in [5, 5.41) is 0.909. The van der Waals surface area contributed by atoms with Gasteiger partial charge in [0.05, 0.1) is 18.5 Å². The summed E-state index contributed by atoms with van der Waals surface area (Å²) in [5.74, 6) is 1.24. The van der Waals surface area contributed by atoms with Gasteiger partial charge < -0.3 is 9.47 Å². The van der Waals surface area contributed by atoms with E-state index >= 15 is 0 Å². The Balaban J connectivity index is 1.66. The van der Waals surface area contributed by atoms with Crippen LogP contribution in [0.25, 0.3) is 11.0 Å². The first-order valence-corrected chi connectivity index (χ1v) is 9.70. The second-order valence-electron chi connectivity index (χ2n) is 6.91. The van der Waals surface area contributed by atoms with Crippen molar-refractivity contribution in [3.63, 3.8) is 0 Å². The Hall–Kier alpha value is -3.58. The minimum Gasteiger partial charge on any atom is -0.454 e. The van der Waals surface area contributed by atoms with Crippen LogP contribution < -0.4 is 20.7 Å². The van der Waals surface area contributed by atoms with Crippen LogP contribution in [0.5, 0.6) is 11.5 Å². The molecular formula is C22H16ClN3O4. The first-order chi connectivity index (χ1) is 14.6. The zero-order valence-corrected chi connectivity index (χ0v) is 16.5. The van der Waals surface area contributed by atoms with Crippen LogP contribution in [-0.2, 0) is 13.1 Å². The van der Waals surface area contributed by atoms with Crippen LogP contribution in [0.3, 0.4) is 0 Å². The lowest BCUT2D eigenvalue weighted by Gasteiger charge is -2.14. The van der Waals surface area contributed by atoms with Crippen molar-refractivity contribution in [3.8, 4) is 11.5 Å². The van der Waals surface area contributed by atoms with Crippen molar-refractivity contribution < 1.29 is 9.47 Å². The van der Waals surface area contributed by atoms with Gasteiger partial charge in [-0.05, 0) is 41.5 Å². The molecule has 4 aromatic rings. The quantitative estimate of drug-likeness (QED) is 0.506. The predicted octanol–water partition coefficient (Wildman–Crippen LogP) is 3.04. The zero-order chi connectivity index (χ0) is 20.7. The Morgan fingerprint density at radius 3 is 2.63 bits per heavy atom. The number of hydrogen-bond acceptors (Lipinski definition) is 5. The van der Waals surface area contributed by atoms with Crippen LogP contribution >= 0.6 is 11.6 Å². The number of hydrogen-bond donors (Lipinski definition) is 0. The van der Waals surface area contributed by atoms with Crippen molar-refractivity contribution in [1.29, 1.82) is 0 Å². The Kier molecular flexibility index (Phi) is 4.52. The zero-order valence-electron chi connectivity index (χ0n) is 15.7. The van der Waals surface area contributed by atoms with E-state index in [1.54, 1.807) is 36.5 Å². The molecule has 1 aliphatic heterocycles. The predicted molar refractivity (Wildman–Crippen MR) is 112 cm³/mol. The maximum absolute atomic E-state index is 13.3. The van der Waals surface area contributed by atoms with Crippen molar-refractivity contribution in [2.45, 2.75) is 13.1 Å². The summed E-state index contributed by atoms with van der Waals surface area (Å²) < 4.78 is 13.4. The lowest BCUT2D eigenvalue weighted by molar-refractivity contribution is 0.174. The number of rotatable bonds is 4. The molecular weight excluding hydrogens is 406 g/mol. The number of halogens is 1. The highest BCUT2D eigenvalue weighted by Crippen LogP contribution is 2.32. The highest BCUT2D eigenvalue weighted by molar-refractivity contribution is 6.31. The third kappa shape index (κ3) is 3.13. The molecule has 0 atom stereocenters. The number of aromatic nitrogens is 3. The van der Waals surface area contributed by atoms with Crippen LogP contribution in [0.2, 0.25) is 5.02 Å². The van der Waals surface area contributed by atoms with Crippen LogP contribution in [0, 0.1) is 0 Å². The van der Waals surface area contributed by atoms with E-state index in [1.165, 1.54) is 9.13 Å². The van der Waals surface area contributed by atoms with Gasteiger partial charge in [-0.25, -0.2) is 9.78 Å². The fourth-order valence-electron chi connectivity index (χ4n) is 3.55. The molecule has 0 unspecified atom stereocenters. The molecule has 0 spiro atoms. The van der Waals surface area contributed by atoms with Crippen molar-refractivity contribution in [2.24, 2.45) is 0 Å². The molecule has 2 aromatic carbocycles. The monoisotopic (exact) mass is 421 g/mol. The maximum atomic E-state index is 13.3. The topological polar surface area (TPSA) is 75.4 Å². The van der Waals surface area contributed by atoms with E-state index in [2.05, 4.69) is 4.98 Å². The van der Waals surface area contributed by atoms with E-state index in [0.717, 1.165) is 11.1 Å². The maximum Gasteiger partial charge on any atom is 0.333 e. The average Bonchev–Trinajstić information content (AvgIpc) is 3.23. The molecule has 0 saturated heterocycles. The van der Waals surface area contributed by atoms with E-state index in [4.69, 9.17) is 21.1 Å². The largest absolute Gasteiger partial charge is 0.454 e. The molecule has 0 amide bonds. The van der Waals surface area contributed by atoms with E-state index in [0.29, 0.717) is 27.6 Å². The summed E-state index contributed by atoms with van der Waals surface area (Å²) >= 11 is 6.30. The summed E-state index contributed by atoms with van der Waals surface area (Å²) in [4.78, 5) is 30.7. The highest BCUT2D eigenvalue weighted by atomic mass is 35.5. The molecule has 7 nitrogen and oxygen atoms in total. The van der Waals surface area contributed by atoms with Gasteiger partial charge >= 0.3 is 5.69 Å². The Morgan fingerprint density at radius 2 is 1.77 bits per heavy atom. The molecule has 0 bridgehead atoms. The SMILES string of the molecule is O=c1c2cccnc2n(Cc2ccccc2Cl)c(=O)n1Cc1ccc2c(c1)OCO2. The van der Waals surface area contributed by atoms with E-state index < -0.39 is 11.2 Å². The van der Waals surface area contributed by atoms with Crippen LogP contribution in [0.1, 0.15) is 11.1 Å². The van der Waals surface area contributed by atoms with Gasteiger partial charge in [-0.3, -0.25) is 13.9 Å². The molecule has 0 radical (unpaired) electrons. The molecule has 2 aromatic heterocycles. The van der Waals surface area contributed by atoms with Gasteiger partial charge in [0.15, 0.2) is 11.5 Å². The highest BCUT2D eigenvalue weighted by Gasteiger charge is 2.17. The molecule has 0 saturated carbocycles. The molecule has 0 aliphatic carbocycles. The lowest BCUT2D eigenvalue weighted by atomic mass is 10.2. The van der Waals surface area contributed by atoms with E-state index in [1.807, 2.05) is 24.3 Å². The van der Waals surface area contributed by atoms with Crippen molar-refractivity contribution in [2.75, 3.05) is 6.79 Å². The second-order valence-corrected chi connectivity index (χ2v) is 7.32. The second kappa shape index (κ2) is 7.35. The fraction of sp³-hybridized carbons (Fsp3) is 0.136. The van der Waals surface area contributed by atoms with Crippen molar-refractivity contribution in [1.82, 2.24) is 14.1 Å².